The van der Waals surface area contributed by atoms with E-state index in [1.807, 2.05) is 19.1 Å². The number of sulfone groups is 1. The van der Waals surface area contributed by atoms with Crippen LogP contribution < -0.4 is 5.73 Å². The van der Waals surface area contributed by atoms with Crippen molar-refractivity contribution in [2.45, 2.75) is 25.8 Å². The van der Waals surface area contributed by atoms with E-state index in [4.69, 9.17) is 5.73 Å². The molecule has 1 heterocycles. The molecular weight excluding hydrogens is 224 g/mol. The first-order chi connectivity index (χ1) is 7.49. The largest absolute Gasteiger partial charge is 0.328 e. The van der Waals surface area contributed by atoms with Gasteiger partial charge in [0.1, 0.15) is 0 Å². The minimum Gasteiger partial charge on any atom is -0.328 e. The topological polar surface area (TPSA) is 73.1 Å². The Balaban J connectivity index is 2.42. The van der Waals surface area contributed by atoms with E-state index in [1.54, 1.807) is 12.4 Å². The molecule has 2 N–H and O–H groups in total. The molecule has 0 bridgehead atoms. The summed E-state index contributed by atoms with van der Waals surface area (Å²) >= 11 is 0. The number of hydrogen-bond acceptors (Lipinski definition) is 4. The van der Waals surface area contributed by atoms with Gasteiger partial charge in [0.2, 0.25) is 0 Å². The molecule has 0 aliphatic rings. The summed E-state index contributed by atoms with van der Waals surface area (Å²) in [6.07, 6.45) is 4.42. The molecule has 90 valence electrons. The monoisotopic (exact) mass is 242 g/mol. The maximum Gasteiger partial charge on any atom is 0.150 e. The Hall–Kier alpha value is -0.940. The van der Waals surface area contributed by atoms with Crippen LogP contribution >= 0.6 is 0 Å². The Kier molecular flexibility index (Phi) is 4.89. The predicted molar refractivity (Wildman–Crippen MR) is 64.9 cm³/mol. The first-order valence-corrected chi connectivity index (χ1v) is 7.16. The van der Waals surface area contributed by atoms with E-state index < -0.39 is 9.84 Å². The van der Waals surface area contributed by atoms with Gasteiger partial charge in [0.25, 0.3) is 0 Å². The fourth-order valence-corrected chi connectivity index (χ4v) is 2.77. The molecule has 0 aliphatic heterocycles. The molecule has 1 atom stereocenters. The quantitative estimate of drug-likeness (QED) is 0.800. The molecule has 0 radical (unpaired) electrons. The van der Waals surface area contributed by atoms with E-state index in [-0.39, 0.29) is 17.5 Å². The second kappa shape index (κ2) is 5.96. The standard InChI is InChI=1S/C11H18N2O2S/c1-10(12)4-7-16(14,15)8-5-11-3-2-6-13-9-11/h2-3,6,9-10H,4-5,7-8,12H2,1H3. The summed E-state index contributed by atoms with van der Waals surface area (Å²) in [5.74, 6) is 0.344. The first kappa shape index (κ1) is 13.1. The maximum atomic E-state index is 11.6. The molecule has 0 aliphatic carbocycles. The van der Waals surface area contributed by atoms with Crippen molar-refractivity contribution in [1.29, 1.82) is 0 Å². The number of hydrogen-bond donors (Lipinski definition) is 1. The Morgan fingerprint density at radius 3 is 2.75 bits per heavy atom. The normalized spacial score (nSPS) is 13.6. The van der Waals surface area contributed by atoms with Crippen LogP contribution in [0.3, 0.4) is 0 Å². The van der Waals surface area contributed by atoms with Gasteiger partial charge in [-0.2, -0.15) is 0 Å². The second-order valence-corrected chi connectivity index (χ2v) is 6.33. The highest BCUT2D eigenvalue weighted by Gasteiger charge is 2.11. The van der Waals surface area contributed by atoms with Gasteiger partial charge in [-0.1, -0.05) is 6.07 Å². The highest BCUT2D eigenvalue weighted by atomic mass is 32.2. The lowest BCUT2D eigenvalue weighted by Gasteiger charge is -2.06. The van der Waals surface area contributed by atoms with Crippen molar-refractivity contribution < 1.29 is 8.42 Å². The zero-order valence-electron chi connectivity index (χ0n) is 9.46. The van der Waals surface area contributed by atoms with Crippen LogP contribution in [0.5, 0.6) is 0 Å². The van der Waals surface area contributed by atoms with Crippen molar-refractivity contribution in [1.82, 2.24) is 4.98 Å². The fraction of sp³-hybridized carbons (Fsp3) is 0.545. The van der Waals surface area contributed by atoms with Gasteiger partial charge < -0.3 is 5.73 Å². The summed E-state index contributed by atoms with van der Waals surface area (Å²) < 4.78 is 23.3. The van der Waals surface area contributed by atoms with Gasteiger partial charge in [0, 0.05) is 18.4 Å². The van der Waals surface area contributed by atoms with Gasteiger partial charge in [-0.15, -0.1) is 0 Å². The van der Waals surface area contributed by atoms with Gasteiger partial charge in [0.05, 0.1) is 11.5 Å². The van der Waals surface area contributed by atoms with E-state index in [0.29, 0.717) is 12.8 Å². The van der Waals surface area contributed by atoms with E-state index in [0.717, 1.165) is 5.56 Å². The molecule has 1 rings (SSSR count). The van der Waals surface area contributed by atoms with Crippen molar-refractivity contribution in [3.8, 4) is 0 Å². The molecule has 1 unspecified atom stereocenters. The Morgan fingerprint density at radius 2 is 2.19 bits per heavy atom. The fourth-order valence-electron chi connectivity index (χ4n) is 1.29. The van der Waals surface area contributed by atoms with Gasteiger partial charge in [-0.3, -0.25) is 4.98 Å². The summed E-state index contributed by atoms with van der Waals surface area (Å²) in [6.45, 7) is 1.82. The van der Waals surface area contributed by atoms with Crippen molar-refractivity contribution in [3.63, 3.8) is 0 Å². The summed E-state index contributed by atoms with van der Waals surface area (Å²) in [6, 6.07) is 3.63. The molecule has 0 saturated heterocycles. The maximum absolute atomic E-state index is 11.6. The van der Waals surface area contributed by atoms with Crippen molar-refractivity contribution in [2.24, 2.45) is 5.73 Å². The van der Waals surface area contributed by atoms with Crippen LogP contribution in [0.1, 0.15) is 18.9 Å². The molecular formula is C11H18N2O2S. The van der Waals surface area contributed by atoms with Crippen LogP contribution in [-0.2, 0) is 16.3 Å². The van der Waals surface area contributed by atoms with Crippen molar-refractivity contribution in [3.05, 3.63) is 30.1 Å². The molecule has 16 heavy (non-hydrogen) atoms. The average molecular weight is 242 g/mol. The smallest absolute Gasteiger partial charge is 0.150 e. The molecule has 0 fully saturated rings. The van der Waals surface area contributed by atoms with Crippen LogP contribution in [0.15, 0.2) is 24.5 Å². The van der Waals surface area contributed by atoms with Crippen molar-refractivity contribution >= 4 is 9.84 Å². The third-order valence-electron chi connectivity index (χ3n) is 2.31. The molecule has 1 aromatic heterocycles. The summed E-state index contributed by atoms with van der Waals surface area (Å²) in [4.78, 5) is 3.94. The number of rotatable bonds is 6. The lowest BCUT2D eigenvalue weighted by molar-refractivity contribution is 0.586. The lowest BCUT2D eigenvalue weighted by Crippen LogP contribution is -2.22. The highest BCUT2D eigenvalue weighted by Crippen LogP contribution is 2.03. The number of aryl methyl sites for hydroxylation is 1. The van der Waals surface area contributed by atoms with E-state index in [1.165, 1.54) is 0 Å². The third-order valence-corrected chi connectivity index (χ3v) is 3.99. The van der Waals surface area contributed by atoms with Crippen LogP contribution in [0.25, 0.3) is 0 Å². The molecule has 0 amide bonds. The van der Waals surface area contributed by atoms with Crippen molar-refractivity contribution in [2.75, 3.05) is 11.5 Å². The Labute approximate surface area is 96.8 Å². The number of nitrogens with two attached hydrogens (primary N) is 1. The van der Waals surface area contributed by atoms with Gasteiger partial charge in [0.15, 0.2) is 9.84 Å². The van der Waals surface area contributed by atoms with Crippen LogP contribution in [-0.4, -0.2) is 30.9 Å². The van der Waals surface area contributed by atoms with Gasteiger partial charge in [-0.05, 0) is 31.4 Å². The second-order valence-electron chi connectivity index (χ2n) is 4.03. The van der Waals surface area contributed by atoms with E-state index in [2.05, 4.69) is 4.98 Å². The first-order valence-electron chi connectivity index (χ1n) is 5.34. The SMILES string of the molecule is CC(N)CCS(=O)(=O)CCc1cccnc1. The van der Waals surface area contributed by atoms with Crippen LogP contribution in [0.4, 0.5) is 0 Å². The summed E-state index contributed by atoms with van der Waals surface area (Å²) in [7, 11) is -2.98. The summed E-state index contributed by atoms with van der Waals surface area (Å²) in [5.41, 5.74) is 6.48. The minimum absolute atomic E-state index is 0.0619. The molecule has 4 nitrogen and oxygen atoms in total. The predicted octanol–water partition coefficient (Wildman–Crippen LogP) is 0.776. The zero-order valence-corrected chi connectivity index (χ0v) is 10.3. The Morgan fingerprint density at radius 1 is 1.44 bits per heavy atom. The van der Waals surface area contributed by atoms with Crippen LogP contribution in [0.2, 0.25) is 0 Å². The number of pyridine rings is 1. The van der Waals surface area contributed by atoms with Gasteiger partial charge >= 0.3 is 0 Å². The number of nitrogens with zero attached hydrogens (tertiary/aromatic N) is 1. The molecule has 1 aromatic rings. The molecule has 0 spiro atoms. The zero-order chi connectivity index (χ0) is 12.0. The minimum atomic E-state index is -2.98. The Bertz CT molecular complexity index is 401. The molecule has 5 heteroatoms. The summed E-state index contributed by atoms with van der Waals surface area (Å²) in [5, 5.41) is 0. The number of aromatic nitrogens is 1. The van der Waals surface area contributed by atoms with Gasteiger partial charge in [-0.25, -0.2) is 8.42 Å². The molecule has 0 aromatic carbocycles. The van der Waals surface area contributed by atoms with E-state index >= 15 is 0 Å². The lowest BCUT2D eigenvalue weighted by atomic mass is 10.2. The van der Waals surface area contributed by atoms with Crippen LogP contribution in [0, 0.1) is 0 Å². The highest BCUT2D eigenvalue weighted by molar-refractivity contribution is 7.91. The molecule has 0 saturated carbocycles. The third kappa shape index (κ3) is 5.23. The van der Waals surface area contributed by atoms with E-state index in [9.17, 15) is 8.42 Å². The average Bonchev–Trinajstić information content (AvgIpc) is 2.26.